The first-order valence-corrected chi connectivity index (χ1v) is 11.5. The first-order valence-electron chi connectivity index (χ1n) is 11.5. The fraction of sp³-hybridized carbons (Fsp3) is 0.222. The second-order valence-electron chi connectivity index (χ2n) is 8.73. The van der Waals surface area contributed by atoms with Gasteiger partial charge in [0.2, 0.25) is 0 Å². The van der Waals surface area contributed by atoms with E-state index in [9.17, 15) is 4.79 Å². The number of nitrogens with zero attached hydrogens (tertiary/aromatic N) is 3. The van der Waals surface area contributed by atoms with Gasteiger partial charge in [0.05, 0.1) is 6.54 Å². The van der Waals surface area contributed by atoms with Gasteiger partial charge in [-0.25, -0.2) is 4.39 Å². The number of benzene rings is 2. The molecule has 0 atom stereocenters. The highest BCUT2D eigenvalue weighted by atomic mass is 19.1. The van der Waals surface area contributed by atoms with Crippen molar-refractivity contribution in [1.29, 1.82) is 0 Å². The van der Waals surface area contributed by atoms with Gasteiger partial charge >= 0.3 is 0 Å². The highest BCUT2D eigenvalue weighted by molar-refractivity contribution is 6.03. The Hall–Kier alpha value is -4.00. The van der Waals surface area contributed by atoms with Crippen molar-refractivity contribution in [2.45, 2.75) is 31.9 Å². The monoisotopic (exact) mass is 454 g/mol. The summed E-state index contributed by atoms with van der Waals surface area (Å²) < 4.78 is 22.9. The lowest BCUT2D eigenvalue weighted by molar-refractivity contribution is 0.0925. The topological polar surface area (TPSA) is 69.0 Å². The minimum absolute atomic E-state index is 0.261. The molecule has 1 fully saturated rings. The van der Waals surface area contributed by atoms with E-state index < -0.39 is 5.82 Å². The van der Waals surface area contributed by atoms with Crippen molar-refractivity contribution in [3.63, 3.8) is 0 Å². The summed E-state index contributed by atoms with van der Waals surface area (Å²) in [5.74, 6) is 0.420. The number of aromatic nitrogens is 3. The maximum atomic E-state index is 15.4. The molecule has 0 saturated heterocycles. The molecule has 34 heavy (non-hydrogen) atoms. The molecule has 170 valence electrons. The van der Waals surface area contributed by atoms with E-state index in [1.54, 1.807) is 41.3 Å². The van der Waals surface area contributed by atoms with E-state index >= 15 is 4.39 Å². The van der Waals surface area contributed by atoms with Crippen LogP contribution in [-0.2, 0) is 13.2 Å². The van der Waals surface area contributed by atoms with Crippen molar-refractivity contribution in [3.05, 3.63) is 89.6 Å². The Labute approximate surface area is 196 Å². The first kappa shape index (κ1) is 20.6. The van der Waals surface area contributed by atoms with Crippen LogP contribution in [0.3, 0.4) is 0 Å². The highest BCUT2D eigenvalue weighted by Crippen LogP contribution is 2.40. The van der Waals surface area contributed by atoms with Crippen LogP contribution in [0.15, 0.2) is 67.0 Å². The largest absolute Gasteiger partial charge is 0.489 e. The third-order valence-electron chi connectivity index (χ3n) is 6.37. The van der Waals surface area contributed by atoms with Gasteiger partial charge in [0.1, 0.15) is 29.6 Å². The number of hydrogen-bond acceptors (Lipinski definition) is 4. The second-order valence-corrected chi connectivity index (χ2v) is 8.73. The van der Waals surface area contributed by atoms with Crippen molar-refractivity contribution >= 4 is 5.91 Å². The zero-order valence-electron chi connectivity index (χ0n) is 18.5. The number of amides is 1. The summed E-state index contributed by atoms with van der Waals surface area (Å²) in [5.41, 5.74) is 4.89. The maximum Gasteiger partial charge on any atom is 0.270 e. The Morgan fingerprint density at radius 2 is 1.85 bits per heavy atom. The maximum absolute atomic E-state index is 15.4. The van der Waals surface area contributed by atoms with Gasteiger partial charge in [-0.1, -0.05) is 24.3 Å². The SMILES string of the molecule is O=C1NCCn2nc(-c3ccncc3)c(-c3ccc(OCc4ccc(C5CC5)cc4)cc3F)c21. The number of carbonyl (C=O) groups excluding carboxylic acids is 1. The average molecular weight is 455 g/mol. The number of ether oxygens (including phenoxy) is 1. The van der Waals surface area contributed by atoms with Crippen molar-refractivity contribution in [1.82, 2.24) is 20.1 Å². The molecule has 7 heteroatoms. The Bertz CT molecular complexity index is 1360. The number of pyridine rings is 1. The van der Waals surface area contributed by atoms with Crippen molar-refractivity contribution in [3.8, 4) is 28.1 Å². The van der Waals surface area contributed by atoms with Crippen LogP contribution < -0.4 is 10.1 Å². The van der Waals surface area contributed by atoms with Gasteiger partial charge in [-0.2, -0.15) is 5.10 Å². The van der Waals surface area contributed by atoms with E-state index in [1.807, 2.05) is 0 Å². The number of nitrogens with one attached hydrogen (secondary N) is 1. The first-order chi connectivity index (χ1) is 16.7. The molecule has 0 unspecified atom stereocenters. The number of rotatable bonds is 6. The molecule has 2 aromatic carbocycles. The van der Waals surface area contributed by atoms with Crippen LogP contribution >= 0.6 is 0 Å². The number of fused-ring (bicyclic) bond motifs is 1. The molecule has 6 nitrogen and oxygen atoms in total. The zero-order chi connectivity index (χ0) is 23.1. The molecule has 1 saturated carbocycles. The molecular weight excluding hydrogens is 431 g/mol. The molecule has 0 bridgehead atoms. The number of carbonyl (C=O) groups is 1. The lowest BCUT2D eigenvalue weighted by Crippen LogP contribution is -2.35. The molecular formula is C27H23FN4O2. The normalized spacial score (nSPS) is 15.0. The van der Waals surface area contributed by atoms with Crippen LogP contribution in [0.25, 0.3) is 22.4 Å². The average Bonchev–Trinajstić information content (AvgIpc) is 3.64. The van der Waals surface area contributed by atoms with Gasteiger partial charge in [0, 0.05) is 41.7 Å². The van der Waals surface area contributed by atoms with Gasteiger partial charge in [-0.05, 0) is 54.2 Å². The molecule has 2 aliphatic rings. The second kappa shape index (κ2) is 8.41. The third kappa shape index (κ3) is 3.83. The lowest BCUT2D eigenvalue weighted by atomic mass is 9.98. The number of hydrogen-bond donors (Lipinski definition) is 1. The molecule has 1 aliphatic carbocycles. The van der Waals surface area contributed by atoms with Crippen molar-refractivity contribution < 1.29 is 13.9 Å². The van der Waals surface area contributed by atoms with Crippen LogP contribution in [0.1, 0.15) is 40.4 Å². The van der Waals surface area contributed by atoms with Gasteiger partial charge in [-0.15, -0.1) is 0 Å². The van der Waals surface area contributed by atoms with Crippen LogP contribution in [0.5, 0.6) is 5.75 Å². The predicted octanol–water partition coefficient (Wildman–Crippen LogP) is 4.95. The van der Waals surface area contributed by atoms with Gasteiger partial charge in [-0.3, -0.25) is 14.5 Å². The standard InChI is InChI=1S/C27H23FN4O2/c28-23-15-21(34-16-17-1-3-18(4-2-17)19-5-6-19)7-8-22(23)24-25(20-9-11-29-12-10-20)31-32-14-13-30-27(33)26(24)32/h1-4,7-12,15,19H,5-6,13-14,16H2,(H,30,33). The highest BCUT2D eigenvalue weighted by Gasteiger charge is 2.29. The van der Waals surface area contributed by atoms with Crippen LogP contribution in [-0.4, -0.2) is 27.2 Å². The third-order valence-corrected chi connectivity index (χ3v) is 6.37. The summed E-state index contributed by atoms with van der Waals surface area (Å²) in [6.07, 6.45) is 5.85. The van der Waals surface area contributed by atoms with Crippen molar-refractivity contribution in [2.75, 3.05) is 6.54 Å². The zero-order valence-corrected chi connectivity index (χ0v) is 18.5. The summed E-state index contributed by atoms with van der Waals surface area (Å²) in [6, 6.07) is 16.8. The fourth-order valence-corrected chi connectivity index (χ4v) is 4.44. The molecule has 1 aliphatic heterocycles. The molecule has 1 amide bonds. The summed E-state index contributed by atoms with van der Waals surface area (Å²) >= 11 is 0. The molecule has 4 aromatic rings. The summed E-state index contributed by atoms with van der Waals surface area (Å²) in [6.45, 7) is 1.37. The molecule has 0 radical (unpaired) electrons. The van der Waals surface area contributed by atoms with E-state index in [-0.39, 0.29) is 5.91 Å². The van der Waals surface area contributed by atoms with E-state index in [4.69, 9.17) is 4.74 Å². The minimum Gasteiger partial charge on any atom is -0.489 e. The van der Waals surface area contributed by atoms with E-state index in [0.29, 0.717) is 53.9 Å². The predicted molar refractivity (Wildman–Crippen MR) is 126 cm³/mol. The van der Waals surface area contributed by atoms with Crippen LogP contribution in [0, 0.1) is 5.82 Å². The number of halogens is 1. The fourth-order valence-electron chi connectivity index (χ4n) is 4.44. The quantitative estimate of drug-likeness (QED) is 0.448. The Morgan fingerprint density at radius 1 is 1.06 bits per heavy atom. The Balaban J connectivity index is 1.31. The molecule has 3 heterocycles. The van der Waals surface area contributed by atoms with E-state index in [2.05, 4.69) is 39.7 Å². The van der Waals surface area contributed by atoms with Crippen LogP contribution in [0.4, 0.5) is 4.39 Å². The summed E-state index contributed by atoms with van der Waals surface area (Å²) in [7, 11) is 0. The van der Waals surface area contributed by atoms with Gasteiger partial charge in [0.15, 0.2) is 0 Å². The Kier molecular flexibility index (Phi) is 5.09. The van der Waals surface area contributed by atoms with Crippen molar-refractivity contribution in [2.24, 2.45) is 0 Å². The van der Waals surface area contributed by atoms with Gasteiger partial charge < -0.3 is 10.1 Å². The molecule has 6 rings (SSSR count). The minimum atomic E-state index is -0.467. The van der Waals surface area contributed by atoms with E-state index in [1.165, 1.54) is 24.5 Å². The molecule has 2 aromatic heterocycles. The van der Waals surface area contributed by atoms with Gasteiger partial charge in [0.25, 0.3) is 5.91 Å². The summed E-state index contributed by atoms with van der Waals surface area (Å²) in [4.78, 5) is 16.8. The Morgan fingerprint density at radius 3 is 2.59 bits per heavy atom. The summed E-state index contributed by atoms with van der Waals surface area (Å²) in [5, 5.41) is 7.48. The lowest BCUT2D eigenvalue weighted by Gasteiger charge is -2.16. The smallest absolute Gasteiger partial charge is 0.270 e. The van der Waals surface area contributed by atoms with E-state index in [0.717, 1.165) is 11.1 Å². The van der Waals surface area contributed by atoms with Crippen LogP contribution in [0.2, 0.25) is 0 Å². The molecule has 1 N–H and O–H groups in total. The molecule has 0 spiro atoms.